The first-order valence-electron chi connectivity index (χ1n) is 4.75. The molecule has 0 aliphatic heterocycles. The summed E-state index contributed by atoms with van der Waals surface area (Å²) >= 11 is 0. The maximum atomic E-state index is 10.9. The van der Waals surface area contributed by atoms with Gasteiger partial charge in [0.05, 0.1) is 4.92 Å². The lowest BCUT2D eigenvalue weighted by atomic mass is 10.2. The standard InChI is InChI=1S/C11H8N2O4/c14-11(15)10-6-3-7-12(10)8-4-1-2-5-9(8)13(16)17/h1-7H,(H,14,15). The van der Waals surface area contributed by atoms with Crippen LogP contribution in [-0.4, -0.2) is 20.6 Å². The number of hydrogen-bond donors (Lipinski definition) is 1. The maximum absolute atomic E-state index is 10.9. The topological polar surface area (TPSA) is 85.4 Å². The van der Waals surface area contributed by atoms with Crippen molar-refractivity contribution in [1.82, 2.24) is 4.57 Å². The fraction of sp³-hybridized carbons (Fsp3) is 0. The van der Waals surface area contributed by atoms with Gasteiger partial charge in [-0.15, -0.1) is 0 Å². The highest BCUT2D eigenvalue weighted by Crippen LogP contribution is 2.23. The summed E-state index contributed by atoms with van der Waals surface area (Å²) < 4.78 is 1.28. The monoisotopic (exact) mass is 232 g/mol. The van der Waals surface area contributed by atoms with Crippen molar-refractivity contribution in [3.63, 3.8) is 0 Å². The Kier molecular flexibility index (Phi) is 2.61. The quantitative estimate of drug-likeness (QED) is 0.648. The second-order valence-electron chi connectivity index (χ2n) is 3.31. The summed E-state index contributed by atoms with van der Waals surface area (Å²) in [5.74, 6) is -1.13. The van der Waals surface area contributed by atoms with Gasteiger partial charge in [0.1, 0.15) is 11.4 Å². The van der Waals surface area contributed by atoms with Crippen molar-refractivity contribution >= 4 is 11.7 Å². The molecular formula is C11H8N2O4. The van der Waals surface area contributed by atoms with Gasteiger partial charge in [-0.3, -0.25) is 10.1 Å². The van der Waals surface area contributed by atoms with Crippen LogP contribution in [0.15, 0.2) is 42.6 Å². The molecule has 17 heavy (non-hydrogen) atoms. The molecule has 0 saturated carbocycles. The molecule has 0 bridgehead atoms. The van der Waals surface area contributed by atoms with E-state index in [9.17, 15) is 14.9 Å². The van der Waals surface area contributed by atoms with Gasteiger partial charge in [0.2, 0.25) is 0 Å². The van der Waals surface area contributed by atoms with Crippen molar-refractivity contribution in [1.29, 1.82) is 0 Å². The SMILES string of the molecule is O=C(O)c1cccn1-c1ccccc1[N+](=O)[O-]. The normalized spacial score (nSPS) is 10.1. The molecule has 0 unspecified atom stereocenters. The molecule has 0 aliphatic rings. The maximum Gasteiger partial charge on any atom is 0.352 e. The summed E-state index contributed by atoms with van der Waals surface area (Å²) in [6.07, 6.45) is 1.48. The number of nitrogens with zero attached hydrogens (tertiary/aromatic N) is 2. The Morgan fingerprint density at radius 2 is 1.94 bits per heavy atom. The van der Waals surface area contributed by atoms with E-state index in [2.05, 4.69) is 0 Å². The summed E-state index contributed by atoms with van der Waals surface area (Å²) in [5, 5.41) is 19.8. The number of carboxylic acids is 1. The average Bonchev–Trinajstić information content (AvgIpc) is 2.77. The highest BCUT2D eigenvalue weighted by atomic mass is 16.6. The Morgan fingerprint density at radius 3 is 2.59 bits per heavy atom. The molecule has 1 heterocycles. The second-order valence-corrected chi connectivity index (χ2v) is 3.31. The zero-order valence-corrected chi connectivity index (χ0v) is 8.61. The van der Waals surface area contributed by atoms with Gasteiger partial charge in [0.15, 0.2) is 0 Å². The van der Waals surface area contributed by atoms with E-state index >= 15 is 0 Å². The van der Waals surface area contributed by atoms with Crippen LogP contribution in [0.25, 0.3) is 5.69 Å². The van der Waals surface area contributed by atoms with E-state index in [1.807, 2.05) is 0 Å². The molecule has 6 nitrogen and oxygen atoms in total. The third-order valence-corrected chi connectivity index (χ3v) is 2.31. The van der Waals surface area contributed by atoms with Crippen LogP contribution in [0.5, 0.6) is 0 Å². The lowest BCUT2D eigenvalue weighted by Gasteiger charge is -2.06. The first kappa shape index (κ1) is 10.9. The fourth-order valence-electron chi connectivity index (χ4n) is 1.59. The van der Waals surface area contributed by atoms with Gasteiger partial charge in [0.25, 0.3) is 5.69 Å². The molecule has 6 heteroatoms. The van der Waals surface area contributed by atoms with Crippen LogP contribution in [0.2, 0.25) is 0 Å². The molecule has 0 spiro atoms. The van der Waals surface area contributed by atoms with Gasteiger partial charge in [-0.05, 0) is 18.2 Å². The van der Waals surface area contributed by atoms with Crippen LogP contribution in [-0.2, 0) is 0 Å². The third-order valence-electron chi connectivity index (χ3n) is 2.31. The van der Waals surface area contributed by atoms with E-state index in [4.69, 9.17) is 5.11 Å². The molecule has 1 aromatic heterocycles. The third kappa shape index (κ3) is 1.87. The Labute approximate surface area is 95.9 Å². The van der Waals surface area contributed by atoms with E-state index in [1.165, 1.54) is 41.1 Å². The number of rotatable bonds is 3. The van der Waals surface area contributed by atoms with Crippen molar-refractivity contribution in [2.75, 3.05) is 0 Å². The number of aromatic carboxylic acids is 1. The molecule has 0 aliphatic carbocycles. The van der Waals surface area contributed by atoms with E-state index < -0.39 is 10.9 Å². The minimum Gasteiger partial charge on any atom is -0.477 e. The molecule has 0 saturated heterocycles. The molecule has 1 aromatic carbocycles. The Hall–Kier alpha value is -2.63. The van der Waals surface area contributed by atoms with Gasteiger partial charge in [-0.1, -0.05) is 12.1 Å². The summed E-state index contributed by atoms with van der Waals surface area (Å²) in [6, 6.07) is 8.91. The highest BCUT2D eigenvalue weighted by molar-refractivity contribution is 5.87. The molecular weight excluding hydrogens is 224 g/mol. The van der Waals surface area contributed by atoms with Crippen molar-refractivity contribution in [3.05, 3.63) is 58.4 Å². The Morgan fingerprint density at radius 1 is 1.24 bits per heavy atom. The van der Waals surface area contributed by atoms with Gasteiger partial charge in [0, 0.05) is 12.3 Å². The van der Waals surface area contributed by atoms with Crippen LogP contribution >= 0.6 is 0 Å². The van der Waals surface area contributed by atoms with E-state index in [0.29, 0.717) is 0 Å². The largest absolute Gasteiger partial charge is 0.477 e. The Bertz CT molecular complexity index is 589. The van der Waals surface area contributed by atoms with Crippen LogP contribution in [0.3, 0.4) is 0 Å². The van der Waals surface area contributed by atoms with Crippen molar-refractivity contribution in [3.8, 4) is 5.69 Å². The van der Waals surface area contributed by atoms with E-state index in [1.54, 1.807) is 6.07 Å². The lowest BCUT2D eigenvalue weighted by molar-refractivity contribution is -0.384. The van der Waals surface area contributed by atoms with Gasteiger partial charge < -0.3 is 9.67 Å². The van der Waals surface area contributed by atoms with Crippen LogP contribution in [0.4, 0.5) is 5.69 Å². The average molecular weight is 232 g/mol. The summed E-state index contributed by atoms with van der Waals surface area (Å²) in [7, 11) is 0. The molecule has 2 aromatic rings. The minimum absolute atomic E-state index is 0.0145. The van der Waals surface area contributed by atoms with E-state index in [0.717, 1.165) is 0 Å². The summed E-state index contributed by atoms with van der Waals surface area (Å²) in [5.41, 5.74) is 0.0883. The van der Waals surface area contributed by atoms with Crippen LogP contribution in [0.1, 0.15) is 10.5 Å². The number of carbonyl (C=O) groups is 1. The number of nitro benzene ring substituents is 1. The molecule has 1 N–H and O–H groups in total. The smallest absolute Gasteiger partial charge is 0.352 e. The van der Waals surface area contributed by atoms with Gasteiger partial charge >= 0.3 is 5.97 Å². The number of aromatic nitrogens is 1. The number of hydrogen-bond acceptors (Lipinski definition) is 3. The predicted molar refractivity (Wildman–Crippen MR) is 59.4 cm³/mol. The van der Waals surface area contributed by atoms with Crippen LogP contribution in [0, 0.1) is 10.1 Å². The fourth-order valence-corrected chi connectivity index (χ4v) is 1.59. The second kappa shape index (κ2) is 4.09. The number of benzene rings is 1. The minimum atomic E-state index is -1.13. The summed E-state index contributed by atoms with van der Waals surface area (Å²) in [6.45, 7) is 0. The highest BCUT2D eigenvalue weighted by Gasteiger charge is 2.18. The number of carboxylic acid groups (broad SMARTS) is 1. The van der Waals surface area contributed by atoms with Crippen LogP contribution < -0.4 is 0 Å². The van der Waals surface area contributed by atoms with Crippen molar-refractivity contribution in [2.24, 2.45) is 0 Å². The number of nitro groups is 1. The first-order valence-corrected chi connectivity index (χ1v) is 4.75. The summed E-state index contributed by atoms with van der Waals surface area (Å²) in [4.78, 5) is 21.2. The van der Waals surface area contributed by atoms with Crippen molar-refractivity contribution < 1.29 is 14.8 Å². The molecule has 2 rings (SSSR count). The molecule has 86 valence electrons. The van der Waals surface area contributed by atoms with Gasteiger partial charge in [-0.25, -0.2) is 4.79 Å². The molecule has 0 amide bonds. The zero-order chi connectivity index (χ0) is 12.4. The lowest BCUT2D eigenvalue weighted by Crippen LogP contribution is -2.07. The number of para-hydroxylation sites is 2. The molecule has 0 fully saturated rings. The van der Waals surface area contributed by atoms with E-state index in [-0.39, 0.29) is 17.1 Å². The van der Waals surface area contributed by atoms with Crippen molar-refractivity contribution in [2.45, 2.75) is 0 Å². The molecule has 0 atom stereocenters. The molecule has 0 radical (unpaired) electrons. The predicted octanol–water partition coefficient (Wildman–Crippen LogP) is 2.08. The Balaban J connectivity index is 2.64. The zero-order valence-electron chi connectivity index (χ0n) is 8.61. The van der Waals surface area contributed by atoms with Gasteiger partial charge in [-0.2, -0.15) is 0 Å². The first-order chi connectivity index (χ1) is 8.11.